The minimum absolute atomic E-state index is 0.0868. The van der Waals surface area contributed by atoms with Crippen molar-refractivity contribution in [3.63, 3.8) is 0 Å². The van der Waals surface area contributed by atoms with Gasteiger partial charge in [-0.3, -0.25) is 14.4 Å². The molecule has 0 rings (SSSR count). The fraction of sp³-hybridized carbons (Fsp3) is 0.800. The highest BCUT2D eigenvalue weighted by atomic mass is 16.2. The van der Waals surface area contributed by atoms with E-state index in [0.29, 0.717) is 25.8 Å². The summed E-state index contributed by atoms with van der Waals surface area (Å²) >= 11 is 0. The summed E-state index contributed by atoms with van der Waals surface area (Å²) in [6.45, 7) is 6.24. The van der Waals surface area contributed by atoms with Crippen molar-refractivity contribution in [2.75, 3.05) is 6.54 Å². The molecule has 22 heavy (non-hydrogen) atoms. The fourth-order valence-electron chi connectivity index (χ4n) is 2.33. The van der Waals surface area contributed by atoms with Gasteiger partial charge >= 0.3 is 0 Å². The summed E-state index contributed by atoms with van der Waals surface area (Å²) in [5.41, 5.74) is 10.5. The van der Waals surface area contributed by atoms with Crippen LogP contribution in [0.4, 0.5) is 0 Å². The van der Waals surface area contributed by atoms with Gasteiger partial charge in [-0.15, -0.1) is 0 Å². The Kier molecular flexibility index (Phi) is 10.2. The van der Waals surface area contributed by atoms with Crippen molar-refractivity contribution < 1.29 is 14.4 Å². The highest BCUT2D eigenvalue weighted by molar-refractivity contribution is 5.86. The van der Waals surface area contributed by atoms with Gasteiger partial charge in [0.25, 0.3) is 0 Å². The number of hydrogen-bond donors (Lipinski definition) is 4. The quantitative estimate of drug-likeness (QED) is 0.405. The standard InChI is InChI=1S/C15H30N4O3/c1-4-7-10(9-18-11(5-2)14(16)21)8-13(20)19-12(6-3)15(17)22/h10-12,18H,4-9H2,1-3H3,(H2,16,21)(H2,17,22)(H,19,20)/t10-,11+,12-/m1/s1. The van der Waals surface area contributed by atoms with Crippen LogP contribution in [0.5, 0.6) is 0 Å². The van der Waals surface area contributed by atoms with E-state index in [2.05, 4.69) is 10.6 Å². The number of rotatable bonds is 12. The van der Waals surface area contributed by atoms with E-state index >= 15 is 0 Å². The van der Waals surface area contributed by atoms with E-state index in [0.717, 1.165) is 12.8 Å². The van der Waals surface area contributed by atoms with Crippen LogP contribution in [0.3, 0.4) is 0 Å². The first kappa shape index (κ1) is 20.4. The Morgan fingerprint density at radius 3 is 1.91 bits per heavy atom. The van der Waals surface area contributed by atoms with E-state index in [4.69, 9.17) is 11.5 Å². The van der Waals surface area contributed by atoms with Gasteiger partial charge in [-0.25, -0.2) is 0 Å². The topological polar surface area (TPSA) is 127 Å². The predicted octanol–water partition coefficient (Wildman–Crippen LogP) is 0.0264. The Balaban J connectivity index is 4.47. The molecule has 128 valence electrons. The number of nitrogens with two attached hydrogens (primary N) is 2. The van der Waals surface area contributed by atoms with Crippen LogP contribution < -0.4 is 22.1 Å². The van der Waals surface area contributed by atoms with E-state index in [1.54, 1.807) is 6.92 Å². The van der Waals surface area contributed by atoms with Crippen molar-refractivity contribution in [3.05, 3.63) is 0 Å². The molecule has 0 unspecified atom stereocenters. The molecular weight excluding hydrogens is 284 g/mol. The molecule has 0 aliphatic rings. The monoisotopic (exact) mass is 314 g/mol. The minimum Gasteiger partial charge on any atom is -0.368 e. The maximum Gasteiger partial charge on any atom is 0.239 e. The Labute approximate surface area is 132 Å². The van der Waals surface area contributed by atoms with Crippen molar-refractivity contribution in [1.29, 1.82) is 0 Å². The Bertz CT molecular complexity index is 374. The van der Waals surface area contributed by atoms with Crippen LogP contribution in [0.25, 0.3) is 0 Å². The Hall–Kier alpha value is -1.63. The number of amides is 3. The molecule has 0 spiro atoms. The Morgan fingerprint density at radius 2 is 1.50 bits per heavy atom. The molecule has 0 heterocycles. The van der Waals surface area contributed by atoms with Crippen molar-refractivity contribution in [2.45, 2.75) is 65.0 Å². The molecule has 3 atom stereocenters. The van der Waals surface area contributed by atoms with Gasteiger partial charge in [0, 0.05) is 6.42 Å². The molecular formula is C15H30N4O3. The first-order valence-electron chi connectivity index (χ1n) is 7.96. The molecule has 0 aliphatic carbocycles. The zero-order valence-electron chi connectivity index (χ0n) is 13.9. The summed E-state index contributed by atoms with van der Waals surface area (Å²) in [5.74, 6) is -1.02. The molecule has 0 fully saturated rings. The van der Waals surface area contributed by atoms with Crippen molar-refractivity contribution in [1.82, 2.24) is 10.6 Å². The highest BCUT2D eigenvalue weighted by Gasteiger charge is 2.20. The smallest absolute Gasteiger partial charge is 0.239 e. The molecule has 0 aromatic rings. The molecule has 0 aliphatic heterocycles. The van der Waals surface area contributed by atoms with Crippen LogP contribution in [-0.2, 0) is 14.4 Å². The Morgan fingerprint density at radius 1 is 0.955 bits per heavy atom. The van der Waals surface area contributed by atoms with Crippen LogP contribution in [0, 0.1) is 5.92 Å². The van der Waals surface area contributed by atoms with Crippen LogP contribution in [0.1, 0.15) is 52.9 Å². The summed E-state index contributed by atoms with van der Waals surface area (Å²) in [6.07, 6.45) is 3.15. The number of nitrogens with one attached hydrogen (secondary N) is 2. The van der Waals surface area contributed by atoms with Gasteiger partial charge < -0.3 is 22.1 Å². The average molecular weight is 314 g/mol. The van der Waals surface area contributed by atoms with Crippen LogP contribution in [-0.4, -0.2) is 36.3 Å². The first-order valence-corrected chi connectivity index (χ1v) is 7.96. The summed E-state index contributed by atoms with van der Waals surface area (Å²) in [4.78, 5) is 34.4. The average Bonchev–Trinajstić information content (AvgIpc) is 2.44. The lowest BCUT2D eigenvalue weighted by Crippen LogP contribution is -2.46. The minimum atomic E-state index is -0.628. The third kappa shape index (κ3) is 7.97. The maximum absolute atomic E-state index is 12.0. The number of carbonyl (C=O) groups excluding carboxylic acids is 3. The van der Waals surface area contributed by atoms with Gasteiger partial charge in [-0.05, 0) is 31.7 Å². The zero-order chi connectivity index (χ0) is 17.1. The summed E-state index contributed by atoms with van der Waals surface area (Å²) in [5, 5.41) is 5.75. The van der Waals surface area contributed by atoms with Gasteiger partial charge in [0.05, 0.1) is 6.04 Å². The van der Waals surface area contributed by atoms with Crippen molar-refractivity contribution >= 4 is 17.7 Å². The van der Waals surface area contributed by atoms with Crippen LogP contribution >= 0.6 is 0 Å². The second-order valence-corrected chi connectivity index (χ2v) is 5.56. The maximum atomic E-state index is 12.0. The van der Waals surface area contributed by atoms with E-state index in [1.807, 2.05) is 13.8 Å². The number of primary amides is 2. The van der Waals surface area contributed by atoms with E-state index in [1.165, 1.54) is 0 Å². The predicted molar refractivity (Wildman–Crippen MR) is 85.7 cm³/mol. The van der Waals surface area contributed by atoms with Crippen LogP contribution in [0.15, 0.2) is 0 Å². The lowest BCUT2D eigenvalue weighted by molar-refractivity contribution is -0.128. The van der Waals surface area contributed by atoms with Gasteiger partial charge in [-0.1, -0.05) is 27.2 Å². The van der Waals surface area contributed by atoms with Crippen LogP contribution in [0.2, 0.25) is 0 Å². The van der Waals surface area contributed by atoms with Gasteiger partial charge in [-0.2, -0.15) is 0 Å². The second kappa shape index (κ2) is 11.0. The van der Waals surface area contributed by atoms with E-state index in [9.17, 15) is 14.4 Å². The van der Waals surface area contributed by atoms with Crippen molar-refractivity contribution in [3.8, 4) is 0 Å². The molecule has 0 bridgehead atoms. The molecule has 7 nitrogen and oxygen atoms in total. The number of carbonyl (C=O) groups is 3. The third-order valence-electron chi connectivity index (χ3n) is 3.66. The van der Waals surface area contributed by atoms with E-state index in [-0.39, 0.29) is 23.8 Å². The highest BCUT2D eigenvalue weighted by Crippen LogP contribution is 2.11. The normalized spacial score (nSPS) is 14.9. The zero-order valence-corrected chi connectivity index (χ0v) is 13.9. The second-order valence-electron chi connectivity index (χ2n) is 5.56. The summed E-state index contributed by atoms with van der Waals surface area (Å²) in [7, 11) is 0. The lowest BCUT2D eigenvalue weighted by atomic mass is 9.98. The molecule has 0 saturated heterocycles. The molecule has 0 aromatic carbocycles. The van der Waals surface area contributed by atoms with Gasteiger partial charge in [0.15, 0.2) is 0 Å². The summed E-state index contributed by atoms with van der Waals surface area (Å²) < 4.78 is 0. The molecule has 7 heteroatoms. The molecule has 6 N–H and O–H groups in total. The fourth-order valence-corrected chi connectivity index (χ4v) is 2.33. The SMILES string of the molecule is CCC[C@@H](CN[C@@H](CC)C(N)=O)CC(=O)N[C@H](CC)C(N)=O. The lowest BCUT2D eigenvalue weighted by Gasteiger charge is -2.21. The molecule has 0 radical (unpaired) electrons. The largest absolute Gasteiger partial charge is 0.368 e. The summed E-state index contributed by atoms with van der Waals surface area (Å²) in [6, 6.07) is -1.01. The van der Waals surface area contributed by atoms with E-state index < -0.39 is 11.9 Å². The molecule has 3 amide bonds. The molecule has 0 aromatic heterocycles. The van der Waals surface area contributed by atoms with Gasteiger partial charge in [0.1, 0.15) is 6.04 Å². The van der Waals surface area contributed by atoms with Gasteiger partial charge in [0.2, 0.25) is 17.7 Å². The van der Waals surface area contributed by atoms with Crippen molar-refractivity contribution in [2.24, 2.45) is 17.4 Å². The number of hydrogen-bond acceptors (Lipinski definition) is 4. The molecule has 0 saturated carbocycles. The third-order valence-corrected chi connectivity index (χ3v) is 3.66. The first-order chi connectivity index (χ1) is 10.3.